The van der Waals surface area contributed by atoms with Crippen LogP contribution in [0, 0.1) is 5.82 Å². The lowest BCUT2D eigenvalue weighted by Gasteiger charge is -2.18. The Labute approximate surface area is 135 Å². The first kappa shape index (κ1) is 17.0. The van der Waals surface area contributed by atoms with Gasteiger partial charge in [0.1, 0.15) is 5.82 Å². The van der Waals surface area contributed by atoms with Gasteiger partial charge < -0.3 is 15.7 Å². The Morgan fingerprint density at radius 2 is 1.78 bits per heavy atom. The summed E-state index contributed by atoms with van der Waals surface area (Å²) in [5, 5.41) is 15.5. The van der Waals surface area contributed by atoms with Gasteiger partial charge in [0.25, 0.3) is 0 Å². The molecular formula is C18H21FN2O2. The minimum atomic E-state index is -0.641. The number of hydrogen-bond donors (Lipinski definition) is 3. The standard InChI is InChI=1S/C18H21FN2O2/c1-13(11-17(22)14-7-3-2-4-8-14)21-18(23)20-12-15-9-5-6-10-16(15)19/h2-10,13,17,22H,11-12H2,1H3,(H2,20,21,23). The molecule has 2 rings (SSSR count). The van der Waals surface area contributed by atoms with Crippen LogP contribution < -0.4 is 10.6 Å². The maximum atomic E-state index is 13.5. The summed E-state index contributed by atoms with van der Waals surface area (Å²) < 4.78 is 13.5. The second-order valence-corrected chi connectivity index (χ2v) is 5.48. The topological polar surface area (TPSA) is 61.4 Å². The van der Waals surface area contributed by atoms with Crippen molar-refractivity contribution >= 4 is 6.03 Å². The molecule has 2 unspecified atom stereocenters. The number of carbonyl (C=O) groups excluding carboxylic acids is 1. The molecule has 0 aliphatic rings. The lowest BCUT2D eigenvalue weighted by Crippen LogP contribution is -2.41. The van der Waals surface area contributed by atoms with E-state index in [1.54, 1.807) is 18.2 Å². The highest BCUT2D eigenvalue weighted by Crippen LogP contribution is 2.17. The lowest BCUT2D eigenvalue weighted by atomic mass is 10.0. The fourth-order valence-electron chi connectivity index (χ4n) is 2.30. The fraction of sp³-hybridized carbons (Fsp3) is 0.278. The number of benzene rings is 2. The van der Waals surface area contributed by atoms with Crippen LogP contribution in [0.1, 0.15) is 30.6 Å². The van der Waals surface area contributed by atoms with Gasteiger partial charge in [-0.05, 0) is 25.0 Å². The highest BCUT2D eigenvalue weighted by Gasteiger charge is 2.14. The van der Waals surface area contributed by atoms with E-state index >= 15 is 0 Å². The van der Waals surface area contributed by atoms with E-state index in [0.717, 1.165) is 5.56 Å². The zero-order chi connectivity index (χ0) is 16.7. The number of hydrogen-bond acceptors (Lipinski definition) is 2. The average Bonchev–Trinajstić information content (AvgIpc) is 2.54. The number of urea groups is 1. The molecule has 0 spiro atoms. The molecule has 0 saturated carbocycles. The van der Waals surface area contributed by atoms with Gasteiger partial charge >= 0.3 is 6.03 Å². The zero-order valence-electron chi connectivity index (χ0n) is 13.0. The van der Waals surface area contributed by atoms with E-state index in [-0.39, 0.29) is 24.4 Å². The molecule has 0 fully saturated rings. The molecule has 3 N–H and O–H groups in total. The average molecular weight is 316 g/mol. The first-order valence-corrected chi connectivity index (χ1v) is 7.57. The minimum Gasteiger partial charge on any atom is -0.388 e. The maximum Gasteiger partial charge on any atom is 0.315 e. The summed E-state index contributed by atoms with van der Waals surface area (Å²) in [4.78, 5) is 11.8. The summed E-state index contributed by atoms with van der Waals surface area (Å²) in [6.45, 7) is 1.93. The smallest absolute Gasteiger partial charge is 0.315 e. The van der Waals surface area contributed by atoms with Crippen molar-refractivity contribution in [3.63, 3.8) is 0 Å². The van der Waals surface area contributed by atoms with Gasteiger partial charge in [-0.3, -0.25) is 0 Å². The second kappa shape index (κ2) is 8.29. The van der Waals surface area contributed by atoms with E-state index in [4.69, 9.17) is 0 Å². The molecule has 0 aromatic heterocycles. The van der Waals surface area contributed by atoms with Crippen molar-refractivity contribution in [2.24, 2.45) is 0 Å². The van der Waals surface area contributed by atoms with Crippen LogP contribution in [0.4, 0.5) is 9.18 Å². The maximum absolute atomic E-state index is 13.5. The van der Waals surface area contributed by atoms with Crippen LogP contribution in [0.15, 0.2) is 54.6 Å². The molecule has 122 valence electrons. The molecule has 2 atom stereocenters. The first-order valence-electron chi connectivity index (χ1n) is 7.57. The predicted octanol–water partition coefficient (Wildman–Crippen LogP) is 3.14. The molecule has 4 nitrogen and oxygen atoms in total. The van der Waals surface area contributed by atoms with Crippen molar-refractivity contribution in [3.05, 3.63) is 71.5 Å². The highest BCUT2D eigenvalue weighted by molar-refractivity contribution is 5.74. The van der Waals surface area contributed by atoms with E-state index in [1.165, 1.54) is 6.07 Å². The number of nitrogens with one attached hydrogen (secondary N) is 2. The summed E-state index contributed by atoms with van der Waals surface area (Å²) in [5.41, 5.74) is 1.24. The van der Waals surface area contributed by atoms with E-state index in [1.807, 2.05) is 37.3 Å². The van der Waals surface area contributed by atoms with Crippen LogP contribution in [0.2, 0.25) is 0 Å². The molecule has 0 bridgehead atoms. The van der Waals surface area contributed by atoms with Crippen LogP contribution in [-0.2, 0) is 6.54 Å². The Hall–Kier alpha value is -2.40. The van der Waals surface area contributed by atoms with Crippen LogP contribution >= 0.6 is 0 Å². The normalized spacial score (nSPS) is 13.2. The molecule has 5 heteroatoms. The van der Waals surface area contributed by atoms with Gasteiger partial charge in [-0.1, -0.05) is 48.5 Å². The van der Waals surface area contributed by atoms with Crippen LogP contribution in [-0.4, -0.2) is 17.2 Å². The van der Waals surface area contributed by atoms with Crippen molar-refractivity contribution in [3.8, 4) is 0 Å². The molecule has 0 aliphatic carbocycles. The highest BCUT2D eigenvalue weighted by atomic mass is 19.1. The summed E-state index contributed by atoms with van der Waals surface area (Å²) in [6, 6.07) is 15.0. The molecule has 23 heavy (non-hydrogen) atoms. The third-order valence-electron chi connectivity index (χ3n) is 3.54. The van der Waals surface area contributed by atoms with Crippen LogP contribution in [0.25, 0.3) is 0 Å². The Bertz CT molecular complexity index is 634. The molecule has 2 amide bonds. The monoisotopic (exact) mass is 316 g/mol. The Balaban J connectivity index is 1.77. The van der Waals surface area contributed by atoms with Gasteiger partial charge in [-0.15, -0.1) is 0 Å². The molecular weight excluding hydrogens is 295 g/mol. The molecule has 2 aromatic rings. The first-order chi connectivity index (χ1) is 11.1. The number of rotatable bonds is 6. The summed E-state index contributed by atoms with van der Waals surface area (Å²) >= 11 is 0. The summed E-state index contributed by atoms with van der Waals surface area (Å²) in [5.74, 6) is -0.347. The Morgan fingerprint density at radius 3 is 2.48 bits per heavy atom. The number of halogens is 1. The van der Waals surface area contributed by atoms with Gasteiger partial charge in [0.05, 0.1) is 6.10 Å². The Kier molecular flexibility index (Phi) is 6.11. The van der Waals surface area contributed by atoms with E-state index < -0.39 is 6.10 Å². The van der Waals surface area contributed by atoms with Gasteiger partial charge in [0, 0.05) is 18.2 Å². The quantitative estimate of drug-likeness (QED) is 0.767. The van der Waals surface area contributed by atoms with Gasteiger partial charge in [0.2, 0.25) is 0 Å². The van der Waals surface area contributed by atoms with Gasteiger partial charge in [-0.25, -0.2) is 9.18 Å². The number of aliphatic hydroxyl groups is 1. The molecule has 0 aliphatic heterocycles. The third-order valence-corrected chi connectivity index (χ3v) is 3.54. The zero-order valence-corrected chi connectivity index (χ0v) is 13.0. The molecule has 0 heterocycles. The fourth-order valence-corrected chi connectivity index (χ4v) is 2.30. The van der Waals surface area contributed by atoms with Gasteiger partial charge in [-0.2, -0.15) is 0 Å². The van der Waals surface area contributed by atoms with Crippen molar-refractivity contribution in [1.82, 2.24) is 10.6 Å². The van der Waals surface area contributed by atoms with E-state index in [2.05, 4.69) is 10.6 Å². The van der Waals surface area contributed by atoms with E-state index in [0.29, 0.717) is 12.0 Å². The van der Waals surface area contributed by atoms with Crippen LogP contribution in [0.5, 0.6) is 0 Å². The number of aliphatic hydroxyl groups excluding tert-OH is 1. The van der Waals surface area contributed by atoms with Gasteiger partial charge in [0.15, 0.2) is 0 Å². The predicted molar refractivity (Wildman–Crippen MR) is 87.3 cm³/mol. The van der Waals surface area contributed by atoms with Crippen molar-refractivity contribution in [1.29, 1.82) is 0 Å². The van der Waals surface area contributed by atoms with Crippen LogP contribution in [0.3, 0.4) is 0 Å². The minimum absolute atomic E-state index is 0.118. The summed E-state index contributed by atoms with van der Waals surface area (Å²) in [7, 11) is 0. The largest absolute Gasteiger partial charge is 0.388 e. The van der Waals surface area contributed by atoms with Crippen molar-refractivity contribution < 1.29 is 14.3 Å². The molecule has 2 aromatic carbocycles. The molecule has 0 radical (unpaired) electrons. The van der Waals surface area contributed by atoms with Crippen molar-refractivity contribution in [2.75, 3.05) is 0 Å². The number of amides is 2. The SMILES string of the molecule is CC(CC(O)c1ccccc1)NC(=O)NCc1ccccc1F. The lowest BCUT2D eigenvalue weighted by molar-refractivity contribution is 0.154. The number of carbonyl (C=O) groups is 1. The molecule has 0 saturated heterocycles. The third kappa shape index (κ3) is 5.38. The van der Waals surface area contributed by atoms with E-state index in [9.17, 15) is 14.3 Å². The van der Waals surface area contributed by atoms with Crippen molar-refractivity contribution in [2.45, 2.75) is 32.0 Å². The Morgan fingerprint density at radius 1 is 1.13 bits per heavy atom. The summed E-state index contributed by atoms with van der Waals surface area (Å²) in [6.07, 6.45) is -0.241. The second-order valence-electron chi connectivity index (χ2n) is 5.48.